The van der Waals surface area contributed by atoms with E-state index < -0.39 is 0 Å². The van der Waals surface area contributed by atoms with Gasteiger partial charge in [0.1, 0.15) is 0 Å². The molecular formula is C11H24N2. The predicted molar refractivity (Wildman–Crippen MR) is 58.0 cm³/mol. The summed E-state index contributed by atoms with van der Waals surface area (Å²) in [5.41, 5.74) is 0. The highest BCUT2D eigenvalue weighted by atomic mass is 14.9. The van der Waals surface area contributed by atoms with Gasteiger partial charge in [-0.1, -0.05) is 13.8 Å². The summed E-state index contributed by atoms with van der Waals surface area (Å²) in [7, 11) is 0. The second-order valence-corrected chi connectivity index (χ2v) is 4.12. The lowest BCUT2D eigenvalue weighted by Gasteiger charge is -2.25. The van der Waals surface area contributed by atoms with E-state index in [0.29, 0.717) is 0 Å². The highest BCUT2D eigenvalue weighted by Crippen LogP contribution is 2.10. The van der Waals surface area contributed by atoms with Crippen molar-refractivity contribution in [1.82, 2.24) is 10.6 Å². The van der Waals surface area contributed by atoms with Crippen LogP contribution in [0.15, 0.2) is 0 Å². The van der Waals surface area contributed by atoms with E-state index in [1.54, 1.807) is 0 Å². The maximum absolute atomic E-state index is 3.66. The van der Waals surface area contributed by atoms with Gasteiger partial charge in [-0.2, -0.15) is 0 Å². The van der Waals surface area contributed by atoms with E-state index in [2.05, 4.69) is 24.5 Å². The maximum Gasteiger partial charge on any atom is 0.00619 e. The molecule has 2 nitrogen and oxygen atoms in total. The second-order valence-electron chi connectivity index (χ2n) is 4.12. The lowest BCUT2D eigenvalue weighted by molar-refractivity contribution is 0.334. The minimum absolute atomic E-state index is 0.745. The second kappa shape index (κ2) is 6.39. The van der Waals surface area contributed by atoms with Crippen molar-refractivity contribution in [2.75, 3.05) is 19.6 Å². The van der Waals surface area contributed by atoms with E-state index in [0.717, 1.165) is 12.0 Å². The fourth-order valence-corrected chi connectivity index (χ4v) is 2.00. The van der Waals surface area contributed by atoms with Gasteiger partial charge in [-0.25, -0.2) is 0 Å². The van der Waals surface area contributed by atoms with Crippen molar-refractivity contribution >= 4 is 0 Å². The quantitative estimate of drug-likeness (QED) is 0.680. The first kappa shape index (κ1) is 11.0. The number of hydrogen-bond donors (Lipinski definition) is 2. The van der Waals surface area contributed by atoms with Crippen LogP contribution in [0.1, 0.15) is 39.5 Å². The van der Waals surface area contributed by atoms with Gasteiger partial charge in [-0.15, -0.1) is 0 Å². The smallest absolute Gasteiger partial charge is 0.00619 e. The molecule has 0 unspecified atom stereocenters. The summed E-state index contributed by atoms with van der Waals surface area (Å²) in [5.74, 6) is 0.918. The summed E-state index contributed by atoms with van der Waals surface area (Å²) in [4.78, 5) is 0. The zero-order chi connectivity index (χ0) is 9.52. The molecule has 0 aromatic carbocycles. The van der Waals surface area contributed by atoms with Crippen molar-refractivity contribution in [1.29, 1.82) is 0 Å². The van der Waals surface area contributed by atoms with Gasteiger partial charge in [-0.05, 0) is 51.2 Å². The highest BCUT2D eigenvalue weighted by Gasteiger charge is 2.13. The van der Waals surface area contributed by atoms with Crippen LogP contribution >= 0.6 is 0 Å². The van der Waals surface area contributed by atoms with Crippen LogP contribution in [0.4, 0.5) is 0 Å². The van der Waals surface area contributed by atoms with E-state index in [1.807, 2.05) is 0 Å². The normalized spacial score (nSPS) is 19.6. The molecule has 0 aliphatic carbocycles. The standard InChI is InChI=1S/C11H24N2/c1-3-11(4-2)13-9-10-5-7-12-8-6-10/h10-13H,3-9H2,1-2H3. The van der Waals surface area contributed by atoms with Crippen LogP contribution in [-0.2, 0) is 0 Å². The van der Waals surface area contributed by atoms with E-state index in [9.17, 15) is 0 Å². The Balaban J connectivity index is 2.09. The molecule has 0 spiro atoms. The first-order valence-electron chi connectivity index (χ1n) is 5.80. The van der Waals surface area contributed by atoms with Crippen molar-refractivity contribution in [3.8, 4) is 0 Å². The largest absolute Gasteiger partial charge is 0.317 e. The average Bonchev–Trinajstić information content (AvgIpc) is 2.21. The zero-order valence-electron chi connectivity index (χ0n) is 9.10. The molecule has 1 aliphatic heterocycles. The first-order valence-corrected chi connectivity index (χ1v) is 5.80. The summed E-state index contributed by atoms with van der Waals surface area (Å²) >= 11 is 0. The Morgan fingerprint density at radius 1 is 1.23 bits per heavy atom. The lowest BCUT2D eigenvalue weighted by Crippen LogP contribution is -2.37. The topological polar surface area (TPSA) is 24.1 Å². The van der Waals surface area contributed by atoms with Crippen LogP contribution in [0.25, 0.3) is 0 Å². The third-order valence-electron chi connectivity index (χ3n) is 3.14. The summed E-state index contributed by atoms with van der Waals surface area (Å²) in [5, 5.41) is 7.06. The summed E-state index contributed by atoms with van der Waals surface area (Å²) in [6.07, 6.45) is 5.24. The maximum atomic E-state index is 3.66. The molecule has 78 valence electrons. The third kappa shape index (κ3) is 4.10. The van der Waals surface area contributed by atoms with Crippen molar-refractivity contribution in [2.45, 2.75) is 45.6 Å². The van der Waals surface area contributed by atoms with Gasteiger partial charge in [0.2, 0.25) is 0 Å². The Hall–Kier alpha value is -0.0800. The Morgan fingerprint density at radius 3 is 2.38 bits per heavy atom. The van der Waals surface area contributed by atoms with Crippen molar-refractivity contribution in [2.24, 2.45) is 5.92 Å². The number of hydrogen-bond acceptors (Lipinski definition) is 2. The van der Waals surface area contributed by atoms with Crippen LogP contribution in [-0.4, -0.2) is 25.7 Å². The Kier molecular flexibility index (Phi) is 5.40. The highest BCUT2D eigenvalue weighted by molar-refractivity contribution is 4.72. The first-order chi connectivity index (χ1) is 6.36. The van der Waals surface area contributed by atoms with E-state index >= 15 is 0 Å². The van der Waals surface area contributed by atoms with Crippen molar-refractivity contribution in [3.63, 3.8) is 0 Å². The van der Waals surface area contributed by atoms with Crippen LogP contribution < -0.4 is 10.6 Å². The monoisotopic (exact) mass is 184 g/mol. The van der Waals surface area contributed by atoms with Gasteiger partial charge in [0, 0.05) is 6.04 Å². The average molecular weight is 184 g/mol. The molecule has 0 saturated carbocycles. The molecule has 1 fully saturated rings. The molecule has 1 rings (SSSR count). The van der Waals surface area contributed by atoms with Crippen molar-refractivity contribution < 1.29 is 0 Å². The van der Waals surface area contributed by atoms with Gasteiger partial charge in [0.05, 0.1) is 0 Å². The SMILES string of the molecule is CCC(CC)NCC1CCNCC1. The van der Waals surface area contributed by atoms with Gasteiger partial charge in [0.15, 0.2) is 0 Å². The molecule has 1 aliphatic rings. The van der Waals surface area contributed by atoms with E-state index in [1.165, 1.54) is 45.3 Å². The molecule has 2 heteroatoms. The summed E-state index contributed by atoms with van der Waals surface area (Å²) < 4.78 is 0. The van der Waals surface area contributed by atoms with Crippen LogP contribution in [0.5, 0.6) is 0 Å². The van der Waals surface area contributed by atoms with E-state index in [4.69, 9.17) is 0 Å². The summed E-state index contributed by atoms with van der Waals surface area (Å²) in [6.45, 7) is 8.20. The van der Waals surface area contributed by atoms with Gasteiger partial charge >= 0.3 is 0 Å². The zero-order valence-corrected chi connectivity index (χ0v) is 9.10. The fourth-order valence-electron chi connectivity index (χ4n) is 2.00. The van der Waals surface area contributed by atoms with Gasteiger partial charge in [-0.3, -0.25) is 0 Å². The Labute approximate surface area is 82.5 Å². The predicted octanol–water partition coefficient (Wildman–Crippen LogP) is 1.76. The summed E-state index contributed by atoms with van der Waals surface area (Å²) in [6, 6.07) is 0.745. The van der Waals surface area contributed by atoms with Crippen LogP contribution in [0.3, 0.4) is 0 Å². The molecule has 0 aromatic rings. The fraction of sp³-hybridized carbons (Fsp3) is 1.00. The Bertz CT molecular complexity index is 115. The molecule has 0 amide bonds. The molecule has 2 N–H and O–H groups in total. The third-order valence-corrected chi connectivity index (χ3v) is 3.14. The van der Waals surface area contributed by atoms with Crippen LogP contribution in [0.2, 0.25) is 0 Å². The number of nitrogens with one attached hydrogen (secondary N) is 2. The van der Waals surface area contributed by atoms with Crippen molar-refractivity contribution in [3.05, 3.63) is 0 Å². The van der Waals surface area contributed by atoms with Gasteiger partial charge < -0.3 is 10.6 Å². The minimum atomic E-state index is 0.745. The molecule has 0 atom stereocenters. The molecule has 13 heavy (non-hydrogen) atoms. The minimum Gasteiger partial charge on any atom is -0.317 e. The van der Waals surface area contributed by atoms with Gasteiger partial charge in [0.25, 0.3) is 0 Å². The molecule has 1 heterocycles. The number of rotatable bonds is 5. The molecule has 0 bridgehead atoms. The Morgan fingerprint density at radius 2 is 1.85 bits per heavy atom. The van der Waals surface area contributed by atoms with Crippen LogP contribution in [0, 0.1) is 5.92 Å². The molecular weight excluding hydrogens is 160 g/mol. The van der Waals surface area contributed by atoms with E-state index in [-0.39, 0.29) is 0 Å². The molecule has 0 aromatic heterocycles. The lowest BCUT2D eigenvalue weighted by atomic mass is 9.97. The molecule has 0 radical (unpaired) electrons. The number of piperidine rings is 1. The molecule has 1 saturated heterocycles.